The number of rotatable bonds is 10. The second-order valence-corrected chi connectivity index (χ2v) is 60.7. The van der Waals surface area contributed by atoms with Crippen LogP contribution in [-0.2, 0) is 0 Å². The fourth-order valence-electron chi connectivity index (χ4n) is 10.5. The molecule has 0 aromatic heterocycles. The summed E-state index contributed by atoms with van der Waals surface area (Å²) in [6, 6.07) is 15.2. The van der Waals surface area contributed by atoms with E-state index < -0.39 is 62.4 Å². The molecule has 2 aromatic carbocycles. The summed E-state index contributed by atoms with van der Waals surface area (Å²) < 4.78 is 3.69. The molecule has 2 aromatic rings. The minimum absolute atomic E-state index is 0.146. The third-order valence-electron chi connectivity index (χ3n) is 10.3. The van der Waals surface area contributed by atoms with Crippen molar-refractivity contribution in [2.24, 2.45) is 5.41 Å². The standard InChI is InChI=1S/C40H74GeSi6/c1-40(2,3)35-28-30-24-22-23-25-31(30)29-41(35)36-33(38(44(10,11)12)45(13,14)15)26-32(37(42(4,5)6)43(7,8)9)27-34(36)39(46(16,17)18)47(19,20)21/h22-29,37-39H,1-21H3. The van der Waals surface area contributed by atoms with Gasteiger partial charge in [0.2, 0.25) is 0 Å². The predicted octanol–water partition coefficient (Wildman–Crippen LogP) is 12.3. The maximum absolute atomic E-state index is 2.93. The summed E-state index contributed by atoms with van der Waals surface area (Å²) in [4.78, 5) is 2.88. The topological polar surface area (TPSA) is 0 Å². The number of fused-ring (bicyclic) bond motifs is 1. The molecule has 0 fully saturated rings. The molecule has 47 heavy (non-hydrogen) atoms. The van der Waals surface area contributed by atoms with Crippen LogP contribution in [0.3, 0.4) is 0 Å². The molecule has 0 spiro atoms. The molecule has 1 aliphatic rings. The Morgan fingerprint density at radius 1 is 0.489 bits per heavy atom. The van der Waals surface area contributed by atoms with E-state index in [1.165, 1.54) is 11.1 Å². The van der Waals surface area contributed by atoms with Crippen LogP contribution in [0.4, 0.5) is 0 Å². The molecule has 0 N–H and O–H groups in total. The molecule has 3 rings (SSSR count). The van der Waals surface area contributed by atoms with E-state index in [1.54, 1.807) is 9.97 Å². The van der Waals surface area contributed by atoms with Crippen molar-refractivity contribution < 1.29 is 0 Å². The molecule has 0 saturated heterocycles. The first-order chi connectivity index (χ1) is 20.8. The van der Waals surface area contributed by atoms with Gasteiger partial charge in [-0.25, -0.2) is 0 Å². The van der Waals surface area contributed by atoms with Crippen LogP contribution in [0.2, 0.25) is 118 Å². The normalized spacial score (nSPS) is 15.7. The van der Waals surface area contributed by atoms with Gasteiger partial charge in [-0.15, -0.1) is 0 Å². The van der Waals surface area contributed by atoms with Gasteiger partial charge >= 0.3 is 306 Å². The van der Waals surface area contributed by atoms with Gasteiger partial charge in [0.05, 0.1) is 0 Å². The maximum atomic E-state index is 2.93. The van der Waals surface area contributed by atoms with E-state index in [0.717, 1.165) is 15.5 Å². The van der Waals surface area contributed by atoms with E-state index in [9.17, 15) is 0 Å². The monoisotopic (exact) mass is 796 g/mol. The van der Waals surface area contributed by atoms with E-state index in [4.69, 9.17) is 0 Å². The molecule has 262 valence electrons. The molecule has 0 amide bonds. The van der Waals surface area contributed by atoms with E-state index in [0.29, 0.717) is 0 Å². The van der Waals surface area contributed by atoms with Crippen LogP contribution in [0.15, 0.2) is 40.8 Å². The Bertz CT molecular complexity index is 1420. The van der Waals surface area contributed by atoms with Crippen molar-refractivity contribution >= 4 is 77.7 Å². The Labute approximate surface area is 303 Å². The third-order valence-corrected chi connectivity index (χ3v) is 44.9. The number of hydrogen-bond donors (Lipinski definition) is 0. The predicted molar refractivity (Wildman–Crippen MR) is 239 cm³/mol. The molecular formula is C40H74GeSi6. The van der Waals surface area contributed by atoms with E-state index in [2.05, 4.69) is 186 Å². The van der Waals surface area contributed by atoms with Gasteiger partial charge in [0.25, 0.3) is 0 Å². The fourth-order valence-corrected chi connectivity index (χ4v) is 56.8. The summed E-state index contributed by atoms with van der Waals surface area (Å²) in [6.07, 6.45) is 2.68. The molecule has 1 heterocycles. The Kier molecular flexibility index (Phi) is 11.8. The van der Waals surface area contributed by atoms with E-state index >= 15 is 0 Å². The number of hydrogen-bond acceptors (Lipinski definition) is 0. The van der Waals surface area contributed by atoms with Crippen LogP contribution in [0, 0.1) is 5.41 Å². The summed E-state index contributed by atoms with van der Waals surface area (Å²) in [5.74, 6) is 0. The van der Waals surface area contributed by atoms with Crippen molar-refractivity contribution in [1.29, 1.82) is 0 Å². The van der Waals surface area contributed by atoms with Crippen LogP contribution in [-0.4, -0.2) is 67.2 Å². The van der Waals surface area contributed by atoms with Crippen molar-refractivity contribution in [3.63, 3.8) is 0 Å². The molecule has 0 saturated carbocycles. The Morgan fingerprint density at radius 2 is 0.830 bits per heavy atom. The molecule has 7 heteroatoms. The van der Waals surface area contributed by atoms with Crippen molar-refractivity contribution in [2.45, 2.75) is 154 Å². The molecule has 0 nitrogen and oxygen atoms in total. The zero-order valence-electron chi connectivity index (χ0n) is 34.9. The van der Waals surface area contributed by atoms with Gasteiger partial charge in [0, 0.05) is 0 Å². The molecule has 0 atom stereocenters. The SMILES string of the molecule is CC(C)(C)[C]1=Cc2ccccc2[CH]=[Ge]1[c]1c(C([Si](C)(C)C)[Si](C)(C)C)cc(C([Si](C)(C)C)[Si](C)(C)C)cc1C([Si](C)(C)C)[Si](C)(C)C. The van der Waals surface area contributed by atoms with Gasteiger partial charge in [0.1, 0.15) is 0 Å². The molecule has 0 radical (unpaired) electrons. The second-order valence-electron chi connectivity index (χ2n) is 22.6. The first kappa shape index (κ1) is 41.3. The van der Waals surface area contributed by atoms with Gasteiger partial charge in [0.15, 0.2) is 0 Å². The van der Waals surface area contributed by atoms with Crippen molar-refractivity contribution in [3.05, 3.63) is 68.6 Å². The zero-order valence-corrected chi connectivity index (χ0v) is 42.9. The molecule has 1 aliphatic heterocycles. The summed E-state index contributed by atoms with van der Waals surface area (Å²) in [6.45, 7) is 56.1. The first-order valence-electron chi connectivity index (χ1n) is 18.5. The summed E-state index contributed by atoms with van der Waals surface area (Å²) in [5, 5.41) is 2.24. The van der Waals surface area contributed by atoms with Crippen LogP contribution in [0.25, 0.3) is 6.08 Å². The first-order valence-corrected chi connectivity index (χ1v) is 43.3. The third kappa shape index (κ3) is 9.42. The zero-order chi connectivity index (χ0) is 36.5. The average molecular weight is 796 g/mol. The van der Waals surface area contributed by atoms with Crippen molar-refractivity contribution in [2.75, 3.05) is 0 Å². The van der Waals surface area contributed by atoms with Crippen LogP contribution < -0.4 is 4.40 Å². The Hall–Kier alpha value is -0.106. The summed E-state index contributed by atoms with van der Waals surface area (Å²) in [7, 11) is -9.40. The molecule has 0 aliphatic carbocycles. The molecule has 0 unspecified atom stereocenters. The second kappa shape index (κ2) is 13.5. The quantitative estimate of drug-likeness (QED) is 0.210. The van der Waals surface area contributed by atoms with Crippen LogP contribution >= 0.6 is 0 Å². The summed E-state index contributed by atoms with van der Waals surface area (Å²) >= 11 is -2.14. The van der Waals surface area contributed by atoms with Crippen molar-refractivity contribution in [3.8, 4) is 0 Å². The Morgan fingerprint density at radius 3 is 1.15 bits per heavy atom. The van der Waals surface area contributed by atoms with Gasteiger partial charge in [-0.2, -0.15) is 0 Å². The average Bonchev–Trinajstić information content (AvgIpc) is 2.77. The number of benzene rings is 2. The van der Waals surface area contributed by atoms with Gasteiger partial charge in [-0.05, 0) is 0 Å². The fraction of sp³-hybridized carbons (Fsp3) is 0.625. The van der Waals surface area contributed by atoms with Gasteiger partial charge in [-0.3, -0.25) is 0 Å². The minimum atomic E-state index is -2.14. The van der Waals surface area contributed by atoms with E-state index in [1.807, 2.05) is 15.5 Å². The Balaban J connectivity index is 2.82. The molecular weight excluding hydrogens is 722 g/mol. The molecule has 0 bridgehead atoms. The van der Waals surface area contributed by atoms with Gasteiger partial charge in [-0.1, -0.05) is 0 Å². The number of allylic oxidation sites excluding steroid dienone is 1. The van der Waals surface area contributed by atoms with Gasteiger partial charge < -0.3 is 0 Å². The van der Waals surface area contributed by atoms with Crippen molar-refractivity contribution in [1.82, 2.24) is 0 Å². The van der Waals surface area contributed by atoms with Crippen LogP contribution in [0.1, 0.15) is 64.1 Å². The van der Waals surface area contributed by atoms with E-state index in [-0.39, 0.29) is 5.41 Å². The van der Waals surface area contributed by atoms with Crippen LogP contribution in [0.5, 0.6) is 0 Å². The summed E-state index contributed by atoms with van der Waals surface area (Å²) in [5.41, 5.74) is 8.56.